The third-order valence-electron chi connectivity index (χ3n) is 2.61. The van der Waals surface area contributed by atoms with Crippen molar-refractivity contribution in [2.45, 2.75) is 32.2 Å². The van der Waals surface area contributed by atoms with Crippen molar-refractivity contribution in [1.82, 2.24) is 5.32 Å². The Labute approximate surface area is 101 Å². The molecule has 1 N–H and O–H groups in total. The van der Waals surface area contributed by atoms with E-state index >= 15 is 0 Å². The first-order chi connectivity index (χ1) is 8.19. The molecule has 0 fully saturated rings. The van der Waals surface area contributed by atoms with Gasteiger partial charge < -0.3 is 5.32 Å². The van der Waals surface area contributed by atoms with Crippen LogP contribution < -0.4 is 5.32 Å². The van der Waals surface area contributed by atoms with Gasteiger partial charge in [0.2, 0.25) is 0 Å². The summed E-state index contributed by atoms with van der Waals surface area (Å²) in [5.41, 5.74) is 0.766. The van der Waals surface area contributed by atoms with Crippen LogP contribution in [0.1, 0.15) is 37.8 Å². The van der Waals surface area contributed by atoms with E-state index in [1.54, 1.807) is 6.07 Å². The van der Waals surface area contributed by atoms with Gasteiger partial charge in [-0.05, 0) is 37.1 Å². The molecule has 0 heterocycles. The highest BCUT2D eigenvalue weighted by molar-refractivity contribution is 5.21. The minimum Gasteiger partial charge on any atom is -0.310 e. The average Bonchev–Trinajstić information content (AvgIpc) is 2.32. The zero-order chi connectivity index (χ0) is 12.7. The first-order valence-corrected chi connectivity index (χ1v) is 5.80. The number of hydrogen-bond acceptors (Lipinski definition) is 1. The molecule has 0 spiro atoms. The molecular formula is C14H17F2N. The van der Waals surface area contributed by atoms with E-state index in [0.29, 0.717) is 6.42 Å². The molecule has 1 aromatic rings. The topological polar surface area (TPSA) is 12.0 Å². The van der Waals surface area contributed by atoms with E-state index in [4.69, 9.17) is 6.42 Å². The van der Waals surface area contributed by atoms with E-state index in [1.165, 1.54) is 6.07 Å². The van der Waals surface area contributed by atoms with Crippen molar-refractivity contribution in [3.05, 3.63) is 35.4 Å². The maximum Gasteiger partial charge on any atom is 0.159 e. The fourth-order valence-corrected chi connectivity index (χ4v) is 1.77. The number of rotatable bonds is 6. The second-order valence-corrected chi connectivity index (χ2v) is 3.88. The van der Waals surface area contributed by atoms with E-state index in [-0.39, 0.29) is 6.04 Å². The summed E-state index contributed by atoms with van der Waals surface area (Å²) < 4.78 is 26.0. The Morgan fingerprint density at radius 2 is 2.12 bits per heavy atom. The van der Waals surface area contributed by atoms with Crippen LogP contribution in [0.4, 0.5) is 8.78 Å². The van der Waals surface area contributed by atoms with Gasteiger partial charge in [-0.1, -0.05) is 13.0 Å². The molecule has 1 rings (SSSR count). The zero-order valence-electron chi connectivity index (χ0n) is 9.97. The maximum absolute atomic E-state index is 13.1. The van der Waals surface area contributed by atoms with Gasteiger partial charge in [0, 0.05) is 12.5 Å². The molecule has 1 aromatic carbocycles. The predicted molar refractivity (Wildman–Crippen MR) is 65.5 cm³/mol. The smallest absolute Gasteiger partial charge is 0.159 e. The number of nitrogens with one attached hydrogen (secondary N) is 1. The summed E-state index contributed by atoms with van der Waals surface area (Å²) >= 11 is 0. The number of hydrogen-bond donors (Lipinski definition) is 1. The van der Waals surface area contributed by atoms with Crippen LogP contribution in [0.2, 0.25) is 0 Å². The summed E-state index contributed by atoms with van der Waals surface area (Å²) in [5.74, 6) is 0.960. The van der Waals surface area contributed by atoms with Gasteiger partial charge in [-0.2, -0.15) is 0 Å². The van der Waals surface area contributed by atoms with E-state index in [0.717, 1.165) is 31.0 Å². The van der Waals surface area contributed by atoms with Crippen LogP contribution in [0, 0.1) is 24.0 Å². The molecule has 3 heteroatoms. The second-order valence-electron chi connectivity index (χ2n) is 3.88. The highest BCUT2D eigenvalue weighted by Gasteiger charge is 2.12. The van der Waals surface area contributed by atoms with Crippen molar-refractivity contribution in [2.75, 3.05) is 6.54 Å². The van der Waals surface area contributed by atoms with Crippen LogP contribution in [0.5, 0.6) is 0 Å². The Kier molecular flexibility index (Phi) is 5.65. The van der Waals surface area contributed by atoms with Crippen LogP contribution in [0.15, 0.2) is 18.2 Å². The third-order valence-corrected chi connectivity index (χ3v) is 2.61. The predicted octanol–water partition coefficient (Wildman–Crippen LogP) is 3.42. The normalized spacial score (nSPS) is 12.1. The molecule has 0 amide bonds. The number of unbranched alkanes of at least 4 members (excludes halogenated alkanes) is 1. The van der Waals surface area contributed by atoms with Crippen molar-refractivity contribution in [3.8, 4) is 12.3 Å². The first-order valence-electron chi connectivity index (χ1n) is 5.80. The van der Waals surface area contributed by atoms with Crippen molar-refractivity contribution < 1.29 is 8.78 Å². The van der Waals surface area contributed by atoms with Crippen molar-refractivity contribution in [2.24, 2.45) is 0 Å². The van der Waals surface area contributed by atoms with E-state index < -0.39 is 11.6 Å². The van der Waals surface area contributed by atoms with Gasteiger partial charge in [0.25, 0.3) is 0 Å². The highest BCUT2D eigenvalue weighted by atomic mass is 19.2. The molecule has 1 unspecified atom stereocenters. The van der Waals surface area contributed by atoms with Crippen LogP contribution >= 0.6 is 0 Å². The molecule has 0 aliphatic carbocycles. The molecule has 0 bridgehead atoms. The summed E-state index contributed by atoms with van der Waals surface area (Å²) in [6, 6.07) is 4.06. The van der Waals surface area contributed by atoms with Gasteiger partial charge in [-0.25, -0.2) is 8.78 Å². The molecule has 0 saturated carbocycles. The molecule has 17 heavy (non-hydrogen) atoms. The number of benzene rings is 1. The minimum absolute atomic E-state index is 0.0310. The Bertz CT molecular complexity index is 396. The Hall–Kier alpha value is -1.40. The quantitative estimate of drug-likeness (QED) is 0.590. The van der Waals surface area contributed by atoms with Crippen molar-refractivity contribution in [1.29, 1.82) is 0 Å². The Balaban J connectivity index is 2.74. The second kappa shape index (κ2) is 7.03. The fraction of sp³-hybridized carbons (Fsp3) is 0.429. The molecule has 0 aliphatic heterocycles. The fourth-order valence-electron chi connectivity index (χ4n) is 1.77. The van der Waals surface area contributed by atoms with Crippen LogP contribution in [-0.4, -0.2) is 6.54 Å². The van der Waals surface area contributed by atoms with Gasteiger partial charge in [0.1, 0.15) is 0 Å². The Morgan fingerprint density at radius 3 is 2.71 bits per heavy atom. The standard InChI is InChI=1S/C14H17F2N/c1-3-5-6-7-14(17-4-2)11-8-9-12(15)13(16)10-11/h1,8-10,14,17H,4-7H2,2H3. The lowest BCUT2D eigenvalue weighted by Gasteiger charge is -2.18. The SMILES string of the molecule is C#CCCCC(NCC)c1ccc(F)c(F)c1. The van der Waals surface area contributed by atoms with Crippen LogP contribution in [0.3, 0.4) is 0 Å². The maximum atomic E-state index is 13.1. The minimum atomic E-state index is -0.812. The molecule has 0 saturated heterocycles. The van der Waals surface area contributed by atoms with Gasteiger partial charge in [-0.15, -0.1) is 12.3 Å². The largest absolute Gasteiger partial charge is 0.310 e. The van der Waals surface area contributed by atoms with E-state index in [2.05, 4.69) is 11.2 Å². The summed E-state index contributed by atoms with van der Waals surface area (Å²) in [7, 11) is 0. The summed E-state index contributed by atoms with van der Waals surface area (Å²) in [5, 5.41) is 3.25. The lowest BCUT2D eigenvalue weighted by atomic mass is 10.0. The molecular weight excluding hydrogens is 220 g/mol. The average molecular weight is 237 g/mol. The van der Waals surface area contributed by atoms with Gasteiger partial charge in [-0.3, -0.25) is 0 Å². The van der Waals surface area contributed by atoms with E-state index in [1.807, 2.05) is 6.92 Å². The highest BCUT2D eigenvalue weighted by Crippen LogP contribution is 2.21. The molecule has 0 aliphatic rings. The van der Waals surface area contributed by atoms with E-state index in [9.17, 15) is 8.78 Å². The van der Waals surface area contributed by atoms with Crippen LogP contribution in [0.25, 0.3) is 0 Å². The lowest BCUT2D eigenvalue weighted by molar-refractivity contribution is 0.482. The summed E-state index contributed by atoms with van der Waals surface area (Å²) in [6.45, 7) is 2.76. The third kappa shape index (κ3) is 4.16. The van der Waals surface area contributed by atoms with Crippen molar-refractivity contribution in [3.63, 3.8) is 0 Å². The lowest BCUT2D eigenvalue weighted by Crippen LogP contribution is -2.21. The monoisotopic (exact) mass is 237 g/mol. The van der Waals surface area contributed by atoms with Gasteiger partial charge >= 0.3 is 0 Å². The molecule has 92 valence electrons. The van der Waals surface area contributed by atoms with Crippen molar-refractivity contribution >= 4 is 0 Å². The molecule has 1 atom stereocenters. The number of halogens is 2. The Morgan fingerprint density at radius 1 is 1.35 bits per heavy atom. The van der Waals surface area contributed by atoms with Gasteiger partial charge in [0.15, 0.2) is 11.6 Å². The molecule has 1 nitrogen and oxygen atoms in total. The zero-order valence-corrected chi connectivity index (χ0v) is 9.97. The summed E-state index contributed by atoms with van der Waals surface area (Å²) in [4.78, 5) is 0. The molecule has 0 aromatic heterocycles. The first kappa shape index (κ1) is 13.7. The van der Waals surface area contributed by atoms with Crippen LogP contribution in [-0.2, 0) is 0 Å². The van der Waals surface area contributed by atoms with Gasteiger partial charge in [0.05, 0.1) is 0 Å². The molecule has 0 radical (unpaired) electrons. The number of terminal acetylenes is 1. The summed E-state index contributed by atoms with van der Waals surface area (Å²) in [6.07, 6.45) is 7.58.